The molecule has 0 aliphatic heterocycles. The number of para-hydroxylation sites is 1. The number of fused-ring (bicyclic) bond motifs is 1. The Balaban J connectivity index is 2.36. The Labute approximate surface area is 161 Å². The lowest BCUT2D eigenvalue weighted by atomic mass is 10.0. The summed E-state index contributed by atoms with van der Waals surface area (Å²) in [5, 5.41) is 24.4. The molecule has 150 valence electrons. The first-order valence-electron chi connectivity index (χ1n) is 8.87. The van der Waals surface area contributed by atoms with Crippen LogP contribution in [0.5, 0.6) is 0 Å². The van der Waals surface area contributed by atoms with Crippen molar-refractivity contribution in [1.29, 1.82) is 0 Å². The average molecular weight is 387 g/mol. The molecule has 0 bridgehead atoms. The van der Waals surface area contributed by atoms with E-state index in [4.69, 9.17) is 0 Å². The number of carbonyl (C=O) groups is 3. The van der Waals surface area contributed by atoms with Crippen molar-refractivity contribution in [3.63, 3.8) is 0 Å². The van der Waals surface area contributed by atoms with Gasteiger partial charge in [-0.1, -0.05) is 26.0 Å². The molecular formula is C19H21N3O6-2. The van der Waals surface area contributed by atoms with Gasteiger partial charge in [0.2, 0.25) is 5.91 Å². The second-order valence-corrected chi connectivity index (χ2v) is 6.91. The zero-order valence-corrected chi connectivity index (χ0v) is 15.6. The minimum atomic E-state index is -1.61. The van der Waals surface area contributed by atoms with Crippen LogP contribution in [0.1, 0.15) is 39.2 Å². The molecule has 0 spiro atoms. The molecule has 0 saturated carbocycles. The quantitative estimate of drug-likeness (QED) is 0.566. The fourth-order valence-electron chi connectivity index (χ4n) is 2.88. The van der Waals surface area contributed by atoms with Crippen molar-refractivity contribution in [3.05, 3.63) is 40.9 Å². The van der Waals surface area contributed by atoms with Crippen LogP contribution in [0.25, 0.3) is 10.9 Å². The minimum Gasteiger partial charge on any atom is -0.550 e. The second kappa shape index (κ2) is 9.12. The zero-order chi connectivity index (χ0) is 20.8. The number of hydrogen-bond donors (Lipinski definition) is 1. The number of nitrogens with zero attached hydrogens (tertiary/aromatic N) is 2. The molecule has 0 fully saturated rings. The Kier molecular flexibility index (Phi) is 6.86. The first kappa shape index (κ1) is 21.1. The maximum absolute atomic E-state index is 12.8. The molecule has 0 unspecified atom stereocenters. The molecular weight excluding hydrogens is 366 g/mol. The van der Waals surface area contributed by atoms with Gasteiger partial charge in [-0.25, -0.2) is 4.98 Å². The van der Waals surface area contributed by atoms with E-state index in [9.17, 15) is 29.4 Å². The van der Waals surface area contributed by atoms with Crippen LogP contribution in [0.4, 0.5) is 0 Å². The van der Waals surface area contributed by atoms with Crippen molar-refractivity contribution >= 4 is 28.7 Å². The maximum Gasteiger partial charge on any atom is 0.261 e. The number of carboxylic acids is 2. The number of carbonyl (C=O) groups excluding carboxylic acids is 3. The topological polar surface area (TPSA) is 144 Å². The molecule has 1 aromatic carbocycles. The number of amides is 1. The molecule has 0 radical (unpaired) electrons. The van der Waals surface area contributed by atoms with E-state index >= 15 is 0 Å². The monoisotopic (exact) mass is 387 g/mol. The maximum atomic E-state index is 12.8. The molecule has 9 heteroatoms. The van der Waals surface area contributed by atoms with Gasteiger partial charge in [0.15, 0.2) is 0 Å². The highest BCUT2D eigenvalue weighted by molar-refractivity contribution is 5.86. The average Bonchev–Trinajstić information content (AvgIpc) is 2.63. The van der Waals surface area contributed by atoms with Gasteiger partial charge < -0.3 is 25.1 Å². The summed E-state index contributed by atoms with van der Waals surface area (Å²) < 4.78 is 1.17. The van der Waals surface area contributed by atoms with Crippen LogP contribution in [-0.4, -0.2) is 33.4 Å². The van der Waals surface area contributed by atoms with Gasteiger partial charge in [0.25, 0.3) is 5.56 Å². The molecule has 1 N–H and O–H groups in total. The van der Waals surface area contributed by atoms with E-state index in [-0.39, 0.29) is 18.8 Å². The molecule has 28 heavy (non-hydrogen) atoms. The second-order valence-electron chi connectivity index (χ2n) is 6.91. The van der Waals surface area contributed by atoms with Gasteiger partial charge in [0.05, 0.1) is 29.2 Å². The smallest absolute Gasteiger partial charge is 0.261 e. The summed E-state index contributed by atoms with van der Waals surface area (Å²) in [6.45, 7) is 3.71. The predicted octanol–water partition coefficient (Wildman–Crippen LogP) is -1.25. The molecule has 0 saturated heterocycles. The first-order valence-corrected chi connectivity index (χ1v) is 8.87. The van der Waals surface area contributed by atoms with Gasteiger partial charge in [-0.05, 0) is 37.3 Å². The van der Waals surface area contributed by atoms with E-state index in [1.165, 1.54) is 10.9 Å². The highest BCUT2D eigenvalue weighted by atomic mass is 16.4. The first-order chi connectivity index (χ1) is 13.2. The van der Waals surface area contributed by atoms with Gasteiger partial charge in [-0.3, -0.25) is 14.2 Å². The highest BCUT2D eigenvalue weighted by Crippen LogP contribution is 2.18. The lowest BCUT2D eigenvalue weighted by Gasteiger charge is -2.25. The normalized spacial score (nSPS) is 13.2. The zero-order valence-electron chi connectivity index (χ0n) is 15.6. The summed E-state index contributed by atoms with van der Waals surface area (Å²) in [6.07, 6.45) is 0.583. The predicted molar refractivity (Wildman–Crippen MR) is 95.7 cm³/mol. The summed E-state index contributed by atoms with van der Waals surface area (Å²) >= 11 is 0. The number of hydrogen-bond acceptors (Lipinski definition) is 7. The summed E-state index contributed by atoms with van der Waals surface area (Å²) in [4.78, 5) is 51.6. The molecule has 0 aliphatic rings. The van der Waals surface area contributed by atoms with E-state index in [0.717, 1.165) is 0 Å². The number of aliphatic carboxylic acids is 2. The molecule has 2 aromatic rings. The molecule has 1 aromatic heterocycles. The number of nitrogens with one attached hydrogen (secondary N) is 1. The standard InChI is InChI=1S/C19H23N3O6/c1-11(2)9-15(17(25)21-14(19(27)28)7-8-16(23)24)22-10-20-13-6-4-3-5-12(13)18(22)26/h3-6,10-11,14-15H,7-9H2,1-2H3,(H,21,25)(H,23,24)(H,27,28)/p-2/t14-,15-/m0/s1. The van der Waals surface area contributed by atoms with E-state index in [1.807, 2.05) is 13.8 Å². The van der Waals surface area contributed by atoms with Crippen LogP contribution < -0.4 is 21.1 Å². The van der Waals surface area contributed by atoms with Crippen LogP contribution in [0.2, 0.25) is 0 Å². The fourth-order valence-corrected chi connectivity index (χ4v) is 2.88. The van der Waals surface area contributed by atoms with Gasteiger partial charge in [0.1, 0.15) is 6.04 Å². The van der Waals surface area contributed by atoms with Crippen molar-refractivity contribution < 1.29 is 24.6 Å². The van der Waals surface area contributed by atoms with E-state index < -0.39 is 41.9 Å². The Hall–Kier alpha value is -3.23. The van der Waals surface area contributed by atoms with Crippen LogP contribution in [0, 0.1) is 5.92 Å². The Morgan fingerprint density at radius 2 is 1.86 bits per heavy atom. The van der Waals surface area contributed by atoms with Crippen molar-refractivity contribution in [2.24, 2.45) is 5.92 Å². The number of carboxylic acid groups (broad SMARTS) is 2. The number of rotatable bonds is 9. The summed E-state index contributed by atoms with van der Waals surface area (Å²) in [5.74, 6) is -3.75. The van der Waals surface area contributed by atoms with Crippen LogP contribution in [-0.2, 0) is 14.4 Å². The molecule has 2 atom stereocenters. The lowest BCUT2D eigenvalue weighted by molar-refractivity contribution is -0.310. The number of aromatic nitrogens is 2. The summed E-state index contributed by atoms with van der Waals surface area (Å²) in [7, 11) is 0. The van der Waals surface area contributed by atoms with Crippen LogP contribution >= 0.6 is 0 Å². The Morgan fingerprint density at radius 3 is 2.46 bits per heavy atom. The molecule has 1 heterocycles. The van der Waals surface area contributed by atoms with Crippen molar-refractivity contribution in [1.82, 2.24) is 14.9 Å². The third kappa shape index (κ3) is 5.15. The van der Waals surface area contributed by atoms with Crippen molar-refractivity contribution in [2.75, 3.05) is 0 Å². The van der Waals surface area contributed by atoms with Crippen molar-refractivity contribution in [2.45, 2.75) is 45.2 Å². The SMILES string of the molecule is CC(C)C[C@@H](C(=O)N[C@@H](CCC(=O)[O-])C(=O)[O-])n1cnc2ccccc2c1=O. The summed E-state index contributed by atoms with van der Waals surface area (Å²) in [5.41, 5.74) is 0.0557. The van der Waals surface area contributed by atoms with Crippen LogP contribution in [0.15, 0.2) is 35.4 Å². The van der Waals surface area contributed by atoms with Crippen LogP contribution in [0.3, 0.4) is 0 Å². The third-order valence-corrected chi connectivity index (χ3v) is 4.26. The number of benzene rings is 1. The van der Waals surface area contributed by atoms with E-state index in [1.54, 1.807) is 24.3 Å². The summed E-state index contributed by atoms with van der Waals surface area (Å²) in [6, 6.07) is 4.16. The lowest BCUT2D eigenvalue weighted by Crippen LogP contribution is -2.51. The van der Waals surface area contributed by atoms with E-state index in [0.29, 0.717) is 10.9 Å². The molecule has 2 rings (SSSR count). The molecule has 0 aliphatic carbocycles. The third-order valence-electron chi connectivity index (χ3n) is 4.26. The molecule has 9 nitrogen and oxygen atoms in total. The van der Waals surface area contributed by atoms with E-state index in [2.05, 4.69) is 10.3 Å². The fraction of sp³-hybridized carbons (Fsp3) is 0.421. The minimum absolute atomic E-state index is 0.0127. The Bertz CT molecular complexity index is 937. The van der Waals surface area contributed by atoms with Gasteiger partial charge in [0, 0.05) is 5.97 Å². The Morgan fingerprint density at radius 1 is 1.18 bits per heavy atom. The largest absolute Gasteiger partial charge is 0.550 e. The van der Waals surface area contributed by atoms with Crippen molar-refractivity contribution in [3.8, 4) is 0 Å². The van der Waals surface area contributed by atoms with Gasteiger partial charge >= 0.3 is 0 Å². The molecule has 1 amide bonds. The highest BCUT2D eigenvalue weighted by Gasteiger charge is 2.26. The van der Waals surface area contributed by atoms with Gasteiger partial charge in [-0.2, -0.15) is 0 Å². The van der Waals surface area contributed by atoms with Gasteiger partial charge in [-0.15, -0.1) is 0 Å².